The van der Waals surface area contributed by atoms with Gasteiger partial charge in [0.15, 0.2) is 4.60 Å². The van der Waals surface area contributed by atoms with Gasteiger partial charge in [0, 0.05) is 20.1 Å². The number of aromatic nitrogens is 3. The number of rotatable bonds is 6. The lowest BCUT2D eigenvalue weighted by Crippen LogP contribution is -2.33. The minimum atomic E-state index is -3.66. The van der Waals surface area contributed by atoms with Crippen molar-refractivity contribution >= 4 is 26.0 Å². The Morgan fingerprint density at radius 3 is 2.48 bits per heavy atom. The maximum absolute atomic E-state index is 12.8. The van der Waals surface area contributed by atoms with Gasteiger partial charge in [0.1, 0.15) is 0 Å². The van der Waals surface area contributed by atoms with Crippen LogP contribution < -0.4 is 0 Å². The van der Waals surface area contributed by atoms with Crippen LogP contribution in [0.15, 0.2) is 40.0 Å². The molecule has 1 aromatic heterocycles. The Kier molecular flexibility index (Phi) is 5.13. The summed E-state index contributed by atoms with van der Waals surface area (Å²) in [6, 6.07) is 9.52. The van der Waals surface area contributed by atoms with Crippen molar-refractivity contribution in [2.24, 2.45) is 7.05 Å². The standard InChI is InChI=1S/C13H17BrN4O2S/c1-3-9-18(10-11-7-5-4-6-8-11)21(19,20)13-12(14)15-16-17(13)2/h4-8H,3,9-10H2,1-2H3. The van der Waals surface area contributed by atoms with E-state index in [0.29, 0.717) is 13.1 Å². The van der Waals surface area contributed by atoms with Crippen molar-refractivity contribution in [2.45, 2.75) is 24.9 Å². The van der Waals surface area contributed by atoms with Crippen molar-refractivity contribution in [2.75, 3.05) is 6.54 Å². The highest BCUT2D eigenvalue weighted by Crippen LogP contribution is 2.23. The average Bonchev–Trinajstić information content (AvgIpc) is 2.79. The molecule has 0 fully saturated rings. The molecular weight excluding hydrogens is 356 g/mol. The normalized spacial score (nSPS) is 12.0. The van der Waals surface area contributed by atoms with Crippen molar-refractivity contribution in [3.05, 3.63) is 40.5 Å². The van der Waals surface area contributed by atoms with Crippen LogP contribution in [-0.4, -0.2) is 34.3 Å². The summed E-state index contributed by atoms with van der Waals surface area (Å²) in [6.45, 7) is 2.72. The minimum Gasteiger partial charge on any atom is -0.235 e. The molecule has 0 bridgehead atoms. The molecule has 0 N–H and O–H groups in total. The largest absolute Gasteiger partial charge is 0.263 e. The van der Waals surface area contributed by atoms with Gasteiger partial charge in [0.25, 0.3) is 10.0 Å². The van der Waals surface area contributed by atoms with Gasteiger partial charge in [-0.1, -0.05) is 42.5 Å². The summed E-state index contributed by atoms with van der Waals surface area (Å²) < 4.78 is 28.6. The van der Waals surface area contributed by atoms with Gasteiger partial charge in [0.2, 0.25) is 5.03 Å². The summed E-state index contributed by atoms with van der Waals surface area (Å²) in [5.41, 5.74) is 0.945. The monoisotopic (exact) mass is 372 g/mol. The molecule has 0 radical (unpaired) electrons. The molecule has 0 amide bonds. The van der Waals surface area contributed by atoms with E-state index >= 15 is 0 Å². The van der Waals surface area contributed by atoms with E-state index in [1.807, 2.05) is 37.3 Å². The highest BCUT2D eigenvalue weighted by atomic mass is 79.9. The lowest BCUT2D eigenvalue weighted by atomic mass is 10.2. The smallest absolute Gasteiger partial charge is 0.235 e. The summed E-state index contributed by atoms with van der Waals surface area (Å²) in [4.78, 5) is 0. The second kappa shape index (κ2) is 6.67. The topological polar surface area (TPSA) is 68.1 Å². The van der Waals surface area contributed by atoms with Crippen LogP contribution in [0.3, 0.4) is 0 Å². The van der Waals surface area contributed by atoms with Gasteiger partial charge in [-0.2, -0.15) is 4.31 Å². The molecule has 0 aliphatic carbocycles. The maximum atomic E-state index is 12.8. The fourth-order valence-corrected chi connectivity index (χ4v) is 4.59. The van der Waals surface area contributed by atoms with Crippen LogP contribution in [0.2, 0.25) is 0 Å². The summed E-state index contributed by atoms with van der Waals surface area (Å²) in [5, 5.41) is 7.58. The Morgan fingerprint density at radius 2 is 1.95 bits per heavy atom. The molecule has 114 valence electrons. The third-order valence-corrected chi connectivity index (χ3v) is 5.73. The van der Waals surface area contributed by atoms with Crippen LogP contribution in [0.25, 0.3) is 0 Å². The quantitative estimate of drug-likeness (QED) is 0.779. The molecular formula is C13H17BrN4O2S. The van der Waals surface area contributed by atoms with E-state index in [1.165, 1.54) is 8.99 Å². The average molecular weight is 373 g/mol. The number of aryl methyl sites for hydroxylation is 1. The van der Waals surface area contributed by atoms with Crippen LogP contribution in [-0.2, 0) is 23.6 Å². The van der Waals surface area contributed by atoms with Gasteiger partial charge in [-0.05, 0) is 27.9 Å². The fourth-order valence-electron chi connectivity index (χ4n) is 2.04. The molecule has 0 spiro atoms. The van der Waals surface area contributed by atoms with Crippen molar-refractivity contribution < 1.29 is 8.42 Å². The first-order chi connectivity index (χ1) is 9.96. The number of halogens is 1. The van der Waals surface area contributed by atoms with Crippen LogP contribution in [0.4, 0.5) is 0 Å². The number of benzene rings is 1. The third-order valence-electron chi connectivity index (χ3n) is 3.00. The predicted octanol–water partition coefficient (Wildman–Crippen LogP) is 2.18. The number of hydrogen-bond acceptors (Lipinski definition) is 4. The Labute approximate surface area is 132 Å². The highest BCUT2D eigenvalue weighted by molar-refractivity contribution is 9.10. The molecule has 21 heavy (non-hydrogen) atoms. The lowest BCUT2D eigenvalue weighted by molar-refractivity contribution is 0.399. The molecule has 8 heteroatoms. The van der Waals surface area contributed by atoms with Crippen LogP contribution in [0.5, 0.6) is 0 Å². The molecule has 0 atom stereocenters. The molecule has 2 rings (SSSR count). The Morgan fingerprint density at radius 1 is 1.29 bits per heavy atom. The summed E-state index contributed by atoms with van der Waals surface area (Å²) in [7, 11) is -2.09. The maximum Gasteiger partial charge on any atom is 0.263 e. The Bertz CT molecular complexity index is 681. The van der Waals surface area contributed by atoms with E-state index in [2.05, 4.69) is 26.2 Å². The Hall–Kier alpha value is -1.25. The van der Waals surface area contributed by atoms with Gasteiger partial charge >= 0.3 is 0 Å². The molecule has 0 saturated carbocycles. The molecule has 6 nitrogen and oxygen atoms in total. The second-order valence-electron chi connectivity index (χ2n) is 4.63. The first kappa shape index (κ1) is 16.1. The zero-order chi connectivity index (χ0) is 15.5. The van der Waals surface area contributed by atoms with Crippen molar-refractivity contribution in [3.63, 3.8) is 0 Å². The predicted molar refractivity (Wildman–Crippen MR) is 83.0 cm³/mol. The van der Waals surface area contributed by atoms with Crippen molar-refractivity contribution in [1.29, 1.82) is 0 Å². The summed E-state index contributed by atoms with van der Waals surface area (Å²) in [5.74, 6) is 0. The molecule has 0 aliphatic rings. The molecule has 1 heterocycles. The minimum absolute atomic E-state index is 0.0758. The zero-order valence-corrected chi connectivity index (χ0v) is 14.3. The Balaban J connectivity index is 2.37. The summed E-state index contributed by atoms with van der Waals surface area (Å²) in [6.07, 6.45) is 0.731. The van der Waals surface area contributed by atoms with Gasteiger partial charge in [0.05, 0.1) is 0 Å². The van der Waals surface area contributed by atoms with Crippen molar-refractivity contribution in [3.8, 4) is 0 Å². The molecule has 0 aliphatic heterocycles. The SMILES string of the molecule is CCCN(Cc1ccccc1)S(=O)(=O)c1c(Br)nnn1C. The zero-order valence-electron chi connectivity index (χ0n) is 11.9. The van der Waals surface area contributed by atoms with E-state index < -0.39 is 10.0 Å². The van der Waals surface area contributed by atoms with E-state index in [1.54, 1.807) is 7.05 Å². The van der Waals surface area contributed by atoms with Gasteiger partial charge in [-0.15, -0.1) is 5.10 Å². The van der Waals surface area contributed by atoms with Crippen LogP contribution in [0, 0.1) is 0 Å². The molecule has 2 aromatic rings. The van der Waals surface area contributed by atoms with Gasteiger partial charge in [-0.3, -0.25) is 0 Å². The van der Waals surface area contributed by atoms with E-state index in [-0.39, 0.29) is 9.63 Å². The highest BCUT2D eigenvalue weighted by Gasteiger charge is 2.30. The van der Waals surface area contributed by atoms with E-state index in [4.69, 9.17) is 0 Å². The van der Waals surface area contributed by atoms with Crippen LogP contribution in [0.1, 0.15) is 18.9 Å². The van der Waals surface area contributed by atoms with Crippen molar-refractivity contribution in [1.82, 2.24) is 19.3 Å². The summed E-state index contributed by atoms with van der Waals surface area (Å²) >= 11 is 3.16. The van der Waals surface area contributed by atoms with Gasteiger partial charge < -0.3 is 0 Å². The molecule has 0 unspecified atom stereocenters. The van der Waals surface area contributed by atoms with E-state index in [9.17, 15) is 8.42 Å². The number of nitrogens with zero attached hydrogens (tertiary/aromatic N) is 4. The van der Waals surface area contributed by atoms with Gasteiger partial charge in [-0.25, -0.2) is 13.1 Å². The second-order valence-corrected chi connectivity index (χ2v) is 7.24. The lowest BCUT2D eigenvalue weighted by Gasteiger charge is -2.21. The van der Waals surface area contributed by atoms with Crippen LogP contribution >= 0.6 is 15.9 Å². The van der Waals surface area contributed by atoms with E-state index in [0.717, 1.165) is 12.0 Å². The first-order valence-corrected chi connectivity index (χ1v) is 8.79. The molecule has 1 aromatic carbocycles. The molecule has 0 saturated heterocycles. The third kappa shape index (κ3) is 3.50. The number of sulfonamides is 1. The number of hydrogen-bond donors (Lipinski definition) is 0. The first-order valence-electron chi connectivity index (χ1n) is 6.56. The fraction of sp³-hybridized carbons (Fsp3) is 0.385.